The van der Waals surface area contributed by atoms with Crippen molar-refractivity contribution in [2.45, 2.75) is 128 Å². The molecule has 0 aromatic carbocycles. The molecule has 2 aliphatic carbocycles. The summed E-state index contributed by atoms with van der Waals surface area (Å²) in [4.78, 5) is 12.8. The van der Waals surface area contributed by atoms with Crippen LogP contribution in [0.25, 0.3) is 0 Å². The Labute approximate surface area is 205 Å². The number of H-pyrrole nitrogens is 1. The van der Waals surface area contributed by atoms with Crippen LogP contribution in [-0.2, 0) is 6.54 Å². The number of rotatable bonds is 6. The summed E-state index contributed by atoms with van der Waals surface area (Å²) >= 11 is 0. The van der Waals surface area contributed by atoms with Crippen LogP contribution in [0.15, 0.2) is 18.3 Å². The van der Waals surface area contributed by atoms with E-state index in [-0.39, 0.29) is 11.9 Å². The summed E-state index contributed by atoms with van der Waals surface area (Å²) < 4.78 is 2.00. The summed E-state index contributed by atoms with van der Waals surface area (Å²) in [6, 6.07) is 4.15. The van der Waals surface area contributed by atoms with E-state index in [0.717, 1.165) is 11.6 Å². The van der Waals surface area contributed by atoms with Crippen LogP contribution in [0.5, 0.6) is 0 Å². The average Bonchev–Trinajstić information content (AvgIpc) is 3.48. The summed E-state index contributed by atoms with van der Waals surface area (Å²) in [6.45, 7) is 5.08. The average molecular weight is 468 g/mol. The second-order valence-corrected chi connectivity index (χ2v) is 11.1. The number of aromatic amines is 1. The van der Waals surface area contributed by atoms with E-state index in [1.165, 1.54) is 95.6 Å². The zero-order valence-electron chi connectivity index (χ0n) is 21.4. The van der Waals surface area contributed by atoms with Gasteiger partial charge in [0.1, 0.15) is 5.69 Å². The van der Waals surface area contributed by atoms with Gasteiger partial charge in [-0.3, -0.25) is 14.6 Å². The minimum absolute atomic E-state index is 0.0109. The molecule has 2 N–H and O–H groups in total. The maximum Gasteiger partial charge on any atom is 0.272 e. The molecule has 2 fully saturated rings. The van der Waals surface area contributed by atoms with Crippen LogP contribution in [0.3, 0.4) is 0 Å². The van der Waals surface area contributed by atoms with Crippen molar-refractivity contribution in [2.24, 2.45) is 5.92 Å². The topological polar surface area (TPSA) is 75.6 Å². The molecule has 1 amide bonds. The second-order valence-electron chi connectivity index (χ2n) is 11.1. The lowest BCUT2D eigenvalue weighted by molar-refractivity contribution is 0.0931. The normalized spacial score (nSPS) is 24.3. The molecule has 2 heterocycles. The van der Waals surface area contributed by atoms with Crippen molar-refractivity contribution >= 4 is 5.91 Å². The Hall–Kier alpha value is -2.11. The summed E-state index contributed by atoms with van der Waals surface area (Å²) in [6.07, 6.45) is 20.3. The van der Waals surface area contributed by atoms with Crippen molar-refractivity contribution in [3.8, 4) is 0 Å². The van der Waals surface area contributed by atoms with Gasteiger partial charge in [0.15, 0.2) is 0 Å². The van der Waals surface area contributed by atoms with Gasteiger partial charge in [-0.2, -0.15) is 10.2 Å². The molecule has 0 radical (unpaired) electrons. The fraction of sp³-hybridized carbons (Fsp3) is 0.750. The molecule has 4 rings (SSSR count). The number of nitrogens with one attached hydrogen (secondary N) is 2. The molecule has 2 aliphatic rings. The Morgan fingerprint density at radius 3 is 2.47 bits per heavy atom. The molecule has 2 aromatic rings. The maximum absolute atomic E-state index is 12.8. The standard InChI is InChI=1S/C28H45N5O/c1-21-11-9-10-14-24(16-15-21)26-19-27(31-30-26)28(34)29-22(2)20-33-18-17-25(32-33)23-12-7-5-3-4-6-8-13-23/h17-19,21-24H,3-16,20H2,1-2H3,(H,29,34)(H,30,31)/t21-,22+,24?/m0/s1. The number of nitrogens with zero attached hydrogens (tertiary/aromatic N) is 3. The third-order valence-electron chi connectivity index (χ3n) is 8.05. The van der Waals surface area contributed by atoms with Crippen molar-refractivity contribution < 1.29 is 4.79 Å². The SMILES string of the molecule is C[C@H]1CCCCC(c2cc(C(=O)N[C@H](C)Cn3ccc(C4CCCCCCCC4)n3)n[nH]2)CC1. The molecule has 0 bridgehead atoms. The first-order valence-electron chi connectivity index (χ1n) is 14.0. The van der Waals surface area contributed by atoms with Crippen LogP contribution < -0.4 is 5.32 Å². The van der Waals surface area contributed by atoms with Crippen molar-refractivity contribution in [1.82, 2.24) is 25.3 Å². The molecule has 0 saturated heterocycles. The fourth-order valence-corrected chi connectivity index (χ4v) is 5.88. The highest BCUT2D eigenvalue weighted by Crippen LogP contribution is 2.32. The van der Waals surface area contributed by atoms with E-state index in [1.807, 2.05) is 17.7 Å². The third-order valence-corrected chi connectivity index (χ3v) is 8.05. The van der Waals surface area contributed by atoms with Crippen molar-refractivity contribution in [3.63, 3.8) is 0 Å². The van der Waals surface area contributed by atoms with E-state index in [1.54, 1.807) is 0 Å². The van der Waals surface area contributed by atoms with Gasteiger partial charge in [0.05, 0.1) is 12.2 Å². The summed E-state index contributed by atoms with van der Waals surface area (Å²) in [7, 11) is 0. The fourth-order valence-electron chi connectivity index (χ4n) is 5.88. The number of hydrogen-bond acceptors (Lipinski definition) is 3. The lowest BCUT2D eigenvalue weighted by Crippen LogP contribution is -2.36. The van der Waals surface area contributed by atoms with E-state index < -0.39 is 0 Å². The molecule has 34 heavy (non-hydrogen) atoms. The molecule has 2 aromatic heterocycles. The van der Waals surface area contributed by atoms with E-state index in [9.17, 15) is 4.79 Å². The summed E-state index contributed by atoms with van der Waals surface area (Å²) in [5.74, 6) is 1.78. The Balaban J connectivity index is 1.28. The molecular formula is C28H45N5O. The third kappa shape index (κ3) is 7.19. The van der Waals surface area contributed by atoms with Gasteiger partial charge in [-0.1, -0.05) is 71.1 Å². The van der Waals surface area contributed by atoms with Gasteiger partial charge in [-0.05, 0) is 50.7 Å². The van der Waals surface area contributed by atoms with E-state index >= 15 is 0 Å². The smallest absolute Gasteiger partial charge is 0.272 e. The monoisotopic (exact) mass is 467 g/mol. The van der Waals surface area contributed by atoms with Crippen LogP contribution in [0.1, 0.15) is 137 Å². The molecule has 0 aliphatic heterocycles. The van der Waals surface area contributed by atoms with E-state index in [0.29, 0.717) is 24.1 Å². The molecule has 6 heteroatoms. The predicted octanol–water partition coefficient (Wildman–Crippen LogP) is 6.72. The molecule has 3 atom stereocenters. The van der Waals surface area contributed by atoms with Crippen LogP contribution in [0.2, 0.25) is 0 Å². The van der Waals surface area contributed by atoms with Crippen molar-refractivity contribution in [2.75, 3.05) is 0 Å². The number of carbonyl (C=O) groups is 1. The highest BCUT2D eigenvalue weighted by molar-refractivity contribution is 5.92. The van der Waals surface area contributed by atoms with Crippen LogP contribution in [-0.4, -0.2) is 31.9 Å². The number of aromatic nitrogens is 4. The quantitative estimate of drug-likeness (QED) is 0.495. The highest BCUT2D eigenvalue weighted by Gasteiger charge is 2.21. The van der Waals surface area contributed by atoms with Gasteiger partial charge in [0, 0.05) is 29.8 Å². The molecule has 1 unspecified atom stereocenters. The largest absolute Gasteiger partial charge is 0.346 e. The number of hydrogen-bond donors (Lipinski definition) is 2. The van der Waals surface area contributed by atoms with Gasteiger partial charge in [0.2, 0.25) is 0 Å². The Kier molecular flexibility index (Phi) is 9.23. The molecule has 188 valence electrons. The molecule has 6 nitrogen and oxygen atoms in total. The molecule has 0 spiro atoms. The Morgan fingerprint density at radius 2 is 1.68 bits per heavy atom. The minimum Gasteiger partial charge on any atom is -0.346 e. The van der Waals surface area contributed by atoms with E-state index in [4.69, 9.17) is 5.10 Å². The molecular weight excluding hydrogens is 422 g/mol. The van der Waals surface area contributed by atoms with Gasteiger partial charge >= 0.3 is 0 Å². The molecule has 2 saturated carbocycles. The van der Waals surface area contributed by atoms with Gasteiger partial charge in [0.25, 0.3) is 5.91 Å². The van der Waals surface area contributed by atoms with Crippen molar-refractivity contribution in [1.29, 1.82) is 0 Å². The zero-order chi connectivity index (χ0) is 23.8. The van der Waals surface area contributed by atoms with Gasteiger partial charge < -0.3 is 5.32 Å². The maximum atomic E-state index is 12.8. The first kappa shape index (κ1) is 25.0. The summed E-state index contributed by atoms with van der Waals surface area (Å²) in [5.41, 5.74) is 2.85. The zero-order valence-corrected chi connectivity index (χ0v) is 21.4. The van der Waals surface area contributed by atoms with Gasteiger partial charge in [-0.15, -0.1) is 0 Å². The summed E-state index contributed by atoms with van der Waals surface area (Å²) in [5, 5.41) is 15.5. The van der Waals surface area contributed by atoms with Crippen molar-refractivity contribution in [3.05, 3.63) is 35.4 Å². The van der Waals surface area contributed by atoms with Crippen LogP contribution in [0.4, 0.5) is 0 Å². The Bertz CT molecular complexity index is 877. The highest BCUT2D eigenvalue weighted by atomic mass is 16.2. The first-order chi connectivity index (χ1) is 16.6. The second kappa shape index (κ2) is 12.6. The Morgan fingerprint density at radius 1 is 1.00 bits per heavy atom. The predicted molar refractivity (Wildman–Crippen MR) is 137 cm³/mol. The van der Waals surface area contributed by atoms with Gasteiger partial charge in [-0.25, -0.2) is 0 Å². The van der Waals surface area contributed by atoms with Crippen LogP contribution >= 0.6 is 0 Å². The first-order valence-corrected chi connectivity index (χ1v) is 14.0. The minimum atomic E-state index is -0.0992. The lowest BCUT2D eigenvalue weighted by atomic mass is 9.85. The van der Waals surface area contributed by atoms with Crippen LogP contribution in [0, 0.1) is 5.92 Å². The number of amides is 1. The lowest BCUT2D eigenvalue weighted by Gasteiger charge is -2.21. The number of carbonyl (C=O) groups excluding carboxylic acids is 1. The van der Waals surface area contributed by atoms with E-state index in [2.05, 4.69) is 34.7 Å².